The lowest BCUT2D eigenvalue weighted by Crippen LogP contribution is -2.69. The van der Waals surface area contributed by atoms with Crippen molar-refractivity contribution in [3.63, 3.8) is 0 Å². The van der Waals surface area contributed by atoms with Gasteiger partial charge in [0.2, 0.25) is 0 Å². The molecule has 0 aliphatic heterocycles. The number of unbranched alkanes of at least 4 members (excludes halogenated alkanes) is 10. The molecule has 0 heterocycles. The molecule has 0 radical (unpaired) electrons. The van der Waals surface area contributed by atoms with Crippen molar-refractivity contribution in [2.75, 3.05) is 26.4 Å². The third-order valence-corrected chi connectivity index (χ3v) is 16.8. The highest BCUT2D eigenvalue weighted by Gasteiger charge is 2.69. The predicted molar refractivity (Wildman–Crippen MR) is 187 cm³/mol. The summed E-state index contributed by atoms with van der Waals surface area (Å²) in [6.45, 7) is 2.22. The van der Waals surface area contributed by atoms with E-state index in [9.17, 15) is 5.11 Å². The van der Waals surface area contributed by atoms with Gasteiger partial charge < -0.3 is 14.6 Å². The van der Waals surface area contributed by atoms with E-state index in [2.05, 4.69) is 0 Å². The minimum absolute atomic E-state index is 0.0795. The van der Waals surface area contributed by atoms with Crippen molar-refractivity contribution < 1.29 is 14.6 Å². The Morgan fingerprint density at radius 3 is 1.30 bits per heavy atom. The Bertz CT molecular complexity index is 938. The summed E-state index contributed by atoms with van der Waals surface area (Å²) in [4.78, 5) is 0. The highest BCUT2D eigenvalue weighted by atomic mass is 16.5. The summed E-state index contributed by atoms with van der Waals surface area (Å²) in [5.41, 5.74) is 0. The van der Waals surface area contributed by atoms with Crippen LogP contribution in [0.5, 0.6) is 0 Å². The van der Waals surface area contributed by atoms with Gasteiger partial charge in [-0.1, -0.05) is 89.9 Å². The van der Waals surface area contributed by atoms with Gasteiger partial charge in [-0.2, -0.15) is 0 Å². The van der Waals surface area contributed by atoms with E-state index in [4.69, 9.17) is 9.47 Å². The van der Waals surface area contributed by atoms with E-state index in [-0.39, 0.29) is 12.7 Å². The summed E-state index contributed by atoms with van der Waals surface area (Å²) in [6, 6.07) is 0. The number of ether oxygens (including phenoxy) is 2. The van der Waals surface area contributed by atoms with Crippen molar-refractivity contribution in [2.24, 2.45) is 82.9 Å². The van der Waals surface area contributed by atoms with Gasteiger partial charge in [0.25, 0.3) is 0 Å². The number of fused-ring (bicyclic) bond motifs is 14. The summed E-state index contributed by atoms with van der Waals surface area (Å²) in [5, 5.41) is 9.72. The van der Waals surface area contributed by atoms with Crippen LogP contribution in [0.3, 0.4) is 0 Å². The van der Waals surface area contributed by atoms with Crippen LogP contribution in [-0.2, 0) is 9.47 Å². The van der Waals surface area contributed by atoms with E-state index in [0.717, 1.165) is 49.7 Å². The lowest BCUT2D eigenvalue weighted by Gasteiger charge is -2.74. The quantitative estimate of drug-likeness (QED) is 0.120. The van der Waals surface area contributed by atoms with Gasteiger partial charge >= 0.3 is 0 Å². The molecule has 0 saturated heterocycles. The summed E-state index contributed by atoms with van der Waals surface area (Å²) in [7, 11) is 0. The number of hydrogen-bond acceptors (Lipinski definition) is 3. The van der Waals surface area contributed by atoms with Gasteiger partial charge in [-0.15, -0.1) is 0 Å². The monoisotopic (exact) mass is 637 g/mol. The predicted octanol–water partition coefficient (Wildman–Crippen LogP) is 10.5. The molecule has 262 valence electrons. The second kappa shape index (κ2) is 15.4. The Labute approximate surface area is 283 Å². The van der Waals surface area contributed by atoms with Gasteiger partial charge in [-0.05, 0) is 147 Å². The van der Waals surface area contributed by atoms with Crippen LogP contribution >= 0.6 is 0 Å². The fraction of sp³-hybridized carbons (Fsp3) is 1.00. The lowest BCUT2D eigenvalue weighted by atomic mass is 9.30. The fourth-order valence-corrected chi connectivity index (χ4v) is 14.2. The first-order chi connectivity index (χ1) is 22.8. The zero-order valence-electron chi connectivity index (χ0n) is 29.7. The number of rotatable bonds is 22. The minimum Gasteiger partial charge on any atom is -0.394 e. The zero-order valence-corrected chi connectivity index (χ0v) is 29.7. The summed E-state index contributed by atoms with van der Waals surface area (Å²) < 4.78 is 11.8. The number of aliphatic hydroxyl groups is 1. The van der Waals surface area contributed by atoms with Crippen molar-refractivity contribution in [3.05, 3.63) is 0 Å². The average Bonchev–Trinajstić information content (AvgIpc) is 3.05. The molecule has 0 amide bonds. The molecule has 8 rings (SSSR count). The summed E-state index contributed by atoms with van der Waals surface area (Å²) in [6.07, 6.45) is 34.8. The largest absolute Gasteiger partial charge is 0.394 e. The van der Waals surface area contributed by atoms with Crippen molar-refractivity contribution in [2.45, 2.75) is 160 Å². The van der Waals surface area contributed by atoms with E-state index < -0.39 is 0 Å². The SMILES string of the molecule is OC[C@H](COCCCCCCCC[C@H]1CC[C@@H]2[C@H](C1)[C@H]1[C@@H]3CC[C@@H]3[C@@H]21)OCCCCCCCC[C@H]1CC[C@@H]2[C@H](C1)[C@H]1[C@@H]3CC[C@@H]3[C@@H]21. The Balaban J connectivity index is 0.559. The Hall–Kier alpha value is -0.120. The first-order valence-electron chi connectivity index (χ1n) is 21.6. The van der Waals surface area contributed by atoms with E-state index in [0.29, 0.717) is 6.61 Å². The van der Waals surface area contributed by atoms with Crippen molar-refractivity contribution in [1.29, 1.82) is 0 Å². The molecule has 3 heteroatoms. The van der Waals surface area contributed by atoms with Crippen LogP contribution in [-0.4, -0.2) is 37.6 Å². The van der Waals surface area contributed by atoms with Gasteiger partial charge in [-0.25, -0.2) is 0 Å². The fourth-order valence-electron chi connectivity index (χ4n) is 14.2. The second-order valence-electron chi connectivity index (χ2n) is 18.7. The Kier molecular flexibility index (Phi) is 11.1. The molecule has 1 N–H and O–H groups in total. The Morgan fingerprint density at radius 2 is 0.826 bits per heavy atom. The van der Waals surface area contributed by atoms with Gasteiger partial charge in [0.05, 0.1) is 13.2 Å². The third kappa shape index (κ3) is 6.56. The van der Waals surface area contributed by atoms with E-state index in [1.54, 1.807) is 64.2 Å². The molecular weight excluding hydrogens is 564 g/mol. The van der Waals surface area contributed by atoms with Crippen LogP contribution in [0.1, 0.15) is 154 Å². The second-order valence-corrected chi connectivity index (χ2v) is 18.7. The van der Waals surface area contributed by atoms with Gasteiger partial charge in [0, 0.05) is 13.2 Å². The maximum Gasteiger partial charge on any atom is 0.104 e. The summed E-state index contributed by atoms with van der Waals surface area (Å²) >= 11 is 0. The molecule has 8 aliphatic rings. The molecule has 8 fully saturated rings. The normalized spacial score (nSPS) is 44.5. The van der Waals surface area contributed by atoms with Crippen LogP contribution in [0.2, 0.25) is 0 Å². The van der Waals surface area contributed by atoms with Crippen LogP contribution < -0.4 is 0 Å². The molecule has 0 aromatic rings. The summed E-state index contributed by atoms with van der Waals surface area (Å²) in [5.74, 6) is 16.4. The van der Waals surface area contributed by atoms with E-state index in [1.807, 2.05) is 0 Å². The molecule has 0 spiro atoms. The molecule has 8 aliphatic carbocycles. The van der Waals surface area contributed by atoms with Crippen molar-refractivity contribution >= 4 is 0 Å². The number of hydrogen-bond donors (Lipinski definition) is 1. The van der Waals surface area contributed by atoms with Gasteiger partial charge in [0.15, 0.2) is 0 Å². The van der Waals surface area contributed by atoms with Gasteiger partial charge in [0.1, 0.15) is 6.10 Å². The Morgan fingerprint density at radius 1 is 0.435 bits per heavy atom. The first-order valence-corrected chi connectivity index (χ1v) is 21.6. The maximum atomic E-state index is 9.72. The van der Waals surface area contributed by atoms with Crippen LogP contribution in [0.15, 0.2) is 0 Å². The third-order valence-electron chi connectivity index (χ3n) is 16.8. The smallest absolute Gasteiger partial charge is 0.104 e. The van der Waals surface area contributed by atoms with Crippen LogP contribution in [0.25, 0.3) is 0 Å². The van der Waals surface area contributed by atoms with Crippen molar-refractivity contribution in [1.82, 2.24) is 0 Å². The molecule has 3 nitrogen and oxygen atoms in total. The minimum atomic E-state index is -0.142. The van der Waals surface area contributed by atoms with Gasteiger partial charge in [-0.3, -0.25) is 0 Å². The number of aliphatic hydroxyl groups excluding tert-OH is 1. The maximum absolute atomic E-state index is 9.72. The molecule has 8 saturated carbocycles. The topological polar surface area (TPSA) is 38.7 Å². The van der Waals surface area contributed by atoms with Crippen molar-refractivity contribution in [3.8, 4) is 0 Å². The van der Waals surface area contributed by atoms with E-state index in [1.165, 1.54) is 136 Å². The first kappa shape index (κ1) is 33.0. The molecular formula is C43H72O3. The molecule has 46 heavy (non-hydrogen) atoms. The lowest BCUT2D eigenvalue weighted by molar-refractivity contribution is -0.264. The standard InChI is InChI=1S/C43H72O3/c44-27-31(46-24-12-8-4-2-6-10-14-30-16-18-37-39(26-30)43-35-22-20-33(35)41(37)43)28-45-23-11-7-3-1-5-9-13-29-15-17-36-38(25-29)42-34-21-19-32(34)40(36)42/h29-44H,1-28H2/t29-,30-,31+,32-,33-,34+,35+,36+,37+,38-,39-,40-,41-,42+,43+/m0/s1. The molecule has 0 unspecified atom stereocenters. The molecule has 0 aromatic heterocycles. The van der Waals surface area contributed by atoms with E-state index >= 15 is 0 Å². The zero-order chi connectivity index (χ0) is 30.9. The highest BCUT2D eigenvalue weighted by Crippen LogP contribution is 2.75. The highest BCUT2D eigenvalue weighted by molar-refractivity contribution is 5.17. The van der Waals surface area contributed by atoms with Crippen LogP contribution in [0.4, 0.5) is 0 Å². The molecule has 0 bridgehead atoms. The molecule has 0 aromatic carbocycles. The molecule has 15 atom stereocenters. The van der Waals surface area contributed by atoms with Crippen LogP contribution in [0, 0.1) is 82.9 Å². The average molecular weight is 637 g/mol.